The number of aromatic nitrogens is 3. The average Bonchev–Trinajstić information content (AvgIpc) is 2.46. The van der Waals surface area contributed by atoms with E-state index in [0.717, 1.165) is 5.52 Å². The van der Waals surface area contributed by atoms with Crippen LogP contribution in [0.2, 0.25) is 10.3 Å². The molecule has 2 aromatic heterocycles. The van der Waals surface area contributed by atoms with Crippen molar-refractivity contribution < 1.29 is 0 Å². The average molecular weight is 217 g/mol. The molecule has 1 N–H and O–H groups in total. The molecule has 0 radical (unpaired) electrons. The molecule has 68 valence electrons. The Morgan fingerprint density at radius 2 is 2.23 bits per heavy atom. The number of nitrogens with zero attached hydrogens (tertiary/aromatic N) is 3. The van der Waals surface area contributed by atoms with Gasteiger partial charge in [-0.1, -0.05) is 11.6 Å². The lowest BCUT2D eigenvalue weighted by molar-refractivity contribution is 0.906. The molecular formula is C7H6Cl2N4. The summed E-state index contributed by atoms with van der Waals surface area (Å²) in [6.45, 7) is 0. The summed E-state index contributed by atoms with van der Waals surface area (Å²) in [7, 11) is 1.75. The molecule has 0 aliphatic heterocycles. The fraction of sp³-hybridized carbons (Fsp3) is 0.143. The first kappa shape index (κ1) is 8.59. The molecule has 0 aromatic carbocycles. The Kier molecular flexibility index (Phi) is 2.01. The van der Waals surface area contributed by atoms with E-state index in [-0.39, 0.29) is 5.28 Å². The van der Waals surface area contributed by atoms with Gasteiger partial charge in [0.1, 0.15) is 5.52 Å². The standard InChI is InChI=1S/C7H6Cl2N4/c1-10-6-5-4(8)2-3-13(5)12-7(9)11-6/h2-3H,1H3,(H,10,11,12). The summed E-state index contributed by atoms with van der Waals surface area (Å²) in [4.78, 5) is 3.99. The van der Waals surface area contributed by atoms with E-state index in [2.05, 4.69) is 15.4 Å². The third kappa shape index (κ3) is 1.32. The Morgan fingerprint density at radius 3 is 2.92 bits per heavy atom. The van der Waals surface area contributed by atoms with E-state index in [1.165, 1.54) is 0 Å². The predicted octanol–water partition coefficient (Wildman–Crippen LogP) is 2.08. The molecule has 6 heteroatoms. The van der Waals surface area contributed by atoms with Crippen molar-refractivity contribution >= 4 is 34.5 Å². The normalized spacial score (nSPS) is 10.7. The van der Waals surface area contributed by atoms with E-state index in [4.69, 9.17) is 23.2 Å². The van der Waals surface area contributed by atoms with E-state index in [1.807, 2.05) is 0 Å². The maximum absolute atomic E-state index is 5.92. The third-order valence-corrected chi connectivity index (χ3v) is 2.14. The van der Waals surface area contributed by atoms with E-state index in [0.29, 0.717) is 10.8 Å². The van der Waals surface area contributed by atoms with Crippen molar-refractivity contribution in [3.63, 3.8) is 0 Å². The number of hydrogen-bond acceptors (Lipinski definition) is 3. The van der Waals surface area contributed by atoms with E-state index < -0.39 is 0 Å². The fourth-order valence-corrected chi connectivity index (χ4v) is 1.53. The van der Waals surface area contributed by atoms with Crippen molar-refractivity contribution in [3.8, 4) is 0 Å². The first-order valence-corrected chi connectivity index (χ1v) is 4.36. The number of nitrogens with one attached hydrogen (secondary N) is 1. The first-order chi connectivity index (χ1) is 6.22. The molecule has 2 heterocycles. The summed E-state index contributed by atoms with van der Waals surface area (Å²) in [5.74, 6) is 0.620. The molecule has 0 fully saturated rings. The second kappa shape index (κ2) is 3.05. The largest absolute Gasteiger partial charge is 0.371 e. The van der Waals surface area contributed by atoms with Crippen LogP contribution in [0.15, 0.2) is 12.3 Å². The monoisotopic (exact) mass is 216 g/mol. The maximum Gasteiger partial charge on any atom is 0.243 e. The van der Waals surface area contributed by atoms with Crippen LogP contribution in [0, 0.1) is 0 Å². The number of halogens is 2. The van der Waals surface area contributed by atoms with E-state index >= 15 is 0 Å². The van der Waals surface area contributed by atoms with Crippen LogP contribution in [0.5, 0.6) is 0 Å². The molecule has 2 aromatic rings. The van der Waals surface area contributed by atoms with E-state index in [1.54, 1.807) is 23.8 Å². The summed E-state index contributed by atoms with van der Waals surface area (Å²) in [5, 5.41) is 7.63. The Morgan fingerprint density at radius 1 is 1.46 bits per heavy atom. The summed E-state index contributed by atoms with van der Waals surface area (Å²) < 4.78 is 1.59. The lowest BCUT2D eigenvalue weighted by atomic mass is 10.5. The van der Waals surface area contributed by atoms with Crippen LogP contribution >= 0.6 is 23.2 Å². The zero-order valence-corrected chi connectivity index (χ0v) is 8.26. The number of fused-ring (bicyclic) bond motifs is 1. The topological polar surface area (TPSA) is 42.2 Å². The van der Waals surface area contributed by atoms with Gasteiger partial charge in [-0.3, -0.25) is 0 Å². The SMILES string of the molecule is CNc1nc(Cl)nn2ccc(Cl)c12. The molecule has 0 saturated heterocycles. The molecule has 0 atom stereocenters. The fourth-order valence-electron chi connectivity index (χ4n) is 1.13. The van der Waals surface area contributed by atoms with Gasteiger partial charge >= 0.3 is 0 Å². The quantitative estimate of drug-likeness (QED) is 0.794. The molecule has 0 saturated carbocycles. The Hall–Kier alpha value is -1.00. The van der Waals surface area contributed by atoms with Gasteiger partial charge in [0.2, 0.25) is 5.28 Å². The molecule has 13 heavy (non-hydrogen) atoms. The minimum Gasteiger partial charge on any atom is -0.371 e. The third-order valence-electron chi connectivity index (χ3n) is 1.67. The number of anilines is 1. The molecule has 0 amide bonds. The Bertz CT molecular complexity index is 451. The van der Waals surface area contributed by atoms with Gasteiger partial charge in [0.15, 0.2) is 5.82 Å². The molecule has 0 spiro atoms. The van der Waals surface area contributed by atoms with Gasteiger partial charge < -0.3 is 5.32 Å². The van der Waals surface area contributed by atoms with Gasteiger partial charge in [0, 0.05) is 13.2 Å². The number of hydrogen-bond donors (Lipinski definition) is 1. The molecule has 0 bridgehead atoms. The van der Waals surface area contributed by atoms with Gasteiger partial charge in [-0.2, -0.15) is 4.98 Å². The minimum atomic E-state index is 0.184. The van der Waals surface area contributed by atoms with Crippen molar-refractivity contribution in [2.45, 2.75) is 0 Å². The highest BCUT2D eigenvalue weighted by Gasteiger charge is 2.08. The van der Waals surface area contributed by atoms with Gasteiger partial charge in [0.05, 0.1) is 5.02 Å². The molecule has 2 rings (SSSR count). The van der Waals surface area contributed by atoms with Gasteiger partial charge in [-0.15, -0.1) is 5.10 Å². The van der Waals surface area contributed by atoms with Crippen molar-refractivity contribution in [3.05, 3.63) is 22.6 Å². The summed E-state index contributed by atoms with van der Waals surface area (Å²) in [6.07, 6.45) is 1.73. The highest BCUT2D eigenvalue weighted by atomic mass is 35.5. The lowest BCUT2D eigenvalue weighted by Crippen LogP contribution is -2.00. The molecule has 0 aliphatic carbocycles. The second-order valence-corrected chi connectivity index (χ2v) is 3.18. The maximum atomic E-state index is 5.92. The van der Waals surface area contributed by atoms with Gasteiger partial charge in [-0.25, -0.2) is 4.52 Å². The molecule has 0 unspecified atom stereocenters. The zero-order valence-electron chi connectivity index (χ0n) is 6.75. The van der Waals surface area contributed by atoms with Crippen molar-refractivity contribution in [1.82, 2.24) is 14.6 Å². The van der Waals surface area contributed by atoms with Crippen LogP contribution in [0.4, 0.5) is 5.82 Å². The lowest BCUT2D eigenvalue weighted by Gasteiger charge is -2.02. The summed E-state index contributed by atoms with van der Waals surface area (Å²) >= 11 is 11.6. The van der Waals surface area contributed by atoms with Crippen LogP contribution in [0.1, 0.15) is 0 Å². The van der Waals surface area contributed by atoms with Crippen LogP contribution < -0.4 is 5.32 Å². The first-order valence-electron chi connectivity index (χ1n) is 3.60. The highest BCUT2D eigenvalue weighted by Crippen LogP contribution is 2.24. The van der Waals surface area contributed by atoms with Gasteiger partial charge in [-0.05, 0) is 17.7 Å². The van der Waals surface area contributed by atoms with Crippen LogP contribution in [-0.2, 0) is 0 Å². The van der Waals surface area contributed by atoms with Gasteiger partial charge in [0.25, 0.3) is 0 Å². The van der Waals surface area contributed by atoms with Crippen LogP contribution in [-0.4, -0.2) is 21.6 Å². The number of rotatable bonds is 1. The summed E-state index contributed by atoms with van der Waals surface area (Å²) in [6, 6.07) is 1.74. The van der Waals surface area contributed by atoms with Crippen LogP contribution in [0.25, 0.3) is 5.52 Å². The second-order valence-electron chi connectivity index (χ2n) is 2.44. The van der Waals surface area contributed by atoms with Crippen LogP contribution in [0.3, 0.4) is 0 Å². The minimum absolute atomic E-state index is 0.184. The summed E-state index contributed by atoms with van der Waals surface area (Å²) in [5.41, 5.74) is 0.730. The Balaban J connectivity index is 2.85. The molecular weight excluding hydrogens is 211 g/mol. The zero-order chi connectivity index (χ0) is 9.42. The van der Waals surface area contributed by atoms with Crippen molar-refractivity contribution in [2.75, 3.05) is 12.4 Å². The Labute approximate surface area is 84.5 Å². The van der Waals surface area contributed by atoms with Crippen molar-refractivity contribution in [2.24, 2.45) is 0 Å². The van der Waals surface area contributed by atoms with Crippen molar-refractivity contribution in [1.29, 1.82) is 0 Å². The smallest absolute Gasteiger partial charge is 0.243 e. The molecule has 0 aliphatic rings. The molecule has 4 nitrogen and oxygen atoms in total. The van der Waals surface area contributed by atoms with E-state index in [9.17, 15) is 0 Å². The highest BCUT2D eigenvalue weighted by molar-refractivity contribution is 6.34. The predicted molar refractivity (Wildman–Crippen MR) is 52.6 cm³/mol.